The van der Waals surface area contributed by atoms with Gasteiger partial charge < -0.3 is 10.1 Å². The number of aromatic amines is 1. The molecule has 0 aliphatic carbocycles. The molecule has 0 atom stereocenters. The van der Waals surface area contributed by atoms with Crippen LogP contribution in [-0.4, -0.2) is 16.1 Å². The molecule has 2 aromatic rings. The number of nitrogens with one attached hydrogen (secondary N) is 2. The van der Waals surface area contributed by atoms with Gasteiger partial charge in [0.2, 0.25) is 11.8 Å². The third-order valence-corrected chi connectivity index (χ3v) is 3.34. The molecule has 0 fully saturated rings. The van der Waals surface area contributed by atoms with E-state index in [9.17, 15) is 9.59 Å². The van der Waals surface area contributed by atoms with Crippen molar-refractivity contribution in [2.75, 3.05) is 5.32 Å². The van der Waals surface area contributed by atoms with E-state index in [0.717, 1.165) is 0 Å². The summed E-state index contributed by atoms with van der Waals surface area (Å²) in [4.78, 5) is 22.9. The van der Waals surface area contributed by atoms with Crippen LogP contribution in [0.1, 0.15) is 35.0 Å². The lowest BCUT2D eigenvalue weighted by Crippen LogP contribution is -2.15. The molecule has 23 heavy (non-hydrogen) atoms. The molecule has 0 aliphatic heterocycles. The monoisotopic (exact) mass is 357 g/mol. The van der Waals surface area contributed by atoms with Crippen LogP contribution in [0.25, 0.3) is 0 Å². The smallest absolute Gasteiger partial charge is 0.267 e. The Morgan fingerprint density at radius 1 is 1.39 bits per heavy atom. The Hall–Kier alpha value is -2.05. The number of aromatic nitrogens is 2. The lowest BCUT2D eigenvalue weighted by Gasteiger charge is -2.12. The van der Waals surface area contributed by atoms with E-state index in [0.29, 0.717) is 5.56 Å². The molecular formula is C15H15Cl2N3O3. The third-order valence-electron chi connectivity index (χ3n) is 2.81. The van der Waals surface area contributed by atoms with Crippen LogP contribution in [0.15, 0.2) is 22.9 Å². The van der Waals surface area contributed by atoms with Crippen LogP contribution in [0.4, 0.5) is 5.69 Å². The lowest BCUT2D eigenvalue weighted by atomic mass is 10.1. The normalized spacial score (nSPS) is 11.9. The molecular weight excluding hydrogens is 341 g/mol. The number of nitrogens with zero attached hydrogens (tertiary/aromatic N) is 1. The van der Waals surface area contributed by atoms with Gasteiger partial charge in [0.1, 0.15) is 0 Å². The fraction of sp³-hybridized carbons (Fsp3) is 0.267. The Balaban J connectivity index is 2.53. The summed E-state index contributed by atoms with van der Waals surface area (Å²) < 4.78 is 21.5. The molecule has 0 radical (unpaired) electrons. The predicted molar refractivity (Wildman–Crippen MR) is 89.8 cm³/mol. The molecule has 1 amide bonds. The van der Waals surface area contributed by atoms with E-state index < -0.39 is 5.91 Å². The van der Waals surface area contributed by atoms with Crippen LogP contribution < -0.4 is 15.6 Å². The Kier molecular flexibility index (Phi) is 4.44. The predicted octanol–water partition coefficient (Wildman–Crippen LogP) is 3.95. The molecule has 122 valence electrons. The van der Waals surface area contributed by atoms with Gasteiger partial charge in [0.25, 0.3) is 5.56 Å². The minimum Gasteiger partial charge on any atom is -0.434 e. The second-order valence-electron chi connectivity index (χ2n) is 5.01. The van der Waals surface area contributed by atoms with E-state index in [2.05, 4.69) is 15.5 Å². The molecule has 0 saturated carbocycles. The van der Waals surface area contributed by atoms with Gasteiger partial charge in [-0.05, 0) is 18.0 Å². The van der Waals surface area contributed by atoms with E-state index in [1.54, 1.807) is 0 Å². The van der Waals surface area contributed by atoms with Crippen molar-refractivity contribution in [3.8, 4) is 11.6 Å². The van der Waals surface area contributed by atoms with E-state index in [1.807, 2.05) is 13.8 Å². The first-order valence-electron chi connectivity index (χ1n) is 7.66. The molecule has 6 nitrogen and oxygen atoms in total. The molecule has 2 N–H and O–H groups in total. The molecule has 1 aromatic heterocycles. The van der Waals surface area contributed by atoms with Crippen LogP contribution in [-0.2, 0) is 4.79 Å². The number of hydrogen-bond acceptors (Lipinski definition) is 4. The molecule has 0 spiro atoms. The zero-order valence-electron chi connectivity index (χ0n) is 14.6. The Morgan fingerprint density at radius 2 is 2.00 bits per heavy atom. The fourth-order valence-electron chi connectivity index (χ4n) is 1.78. The molecule has 0 aliphatic rings. The number of amides is 1. The maximum atomic E-state index is 11.7. The molecule has 1 aromatic carbocycles. The zero-order chi connectivity index (χ0) is 18.9. The fourth-order valence-corrected chi connectivity index (χ4v) is 2.28. The van der Waals surface area contributed by atoms with E-state index in [-0.39, 0.29) is 50.9 Å². The molecule has 2 rings (SSSR count). The second-order valence-corrected chi connectivity index (χ2v) is 5.77. The minimum absolute atomic E-state index is 0.0122. The number of carbonyl (C=O) groups is 1. The number of rotatable bonds is 4. The maximum absolute atomic E-state index is 11.7. The van der Waals surface area contributed by atoms with Crippen molar-refractivity contribution in [3.05, 3.63) is 44.1 Å². The van der Waals surface area contributed by atoms with Gasteiger partial charge in [-0.1, -0.05) is 37.0 Å². The largest absolute Gasteiger partial charge is 0.434 e. The van der Waals surface area contributed by atoms with Gasteiger partial charge in [-0.2, -0.15) is 0 Å². The summed E-state index contributed by atoms with van der Waals surface area (Å²) in [7, 11) is 0. The number of ether oxygens (including phenoxy) is 1. The lowest BCUT2D eigenvalue weighted by molar-refractivity contribution is -0.114. The van der Waals surface area contributed by atoms with Gasteiger partial charge in [-0.25, -0.2) is 5.10 Å². The quantitative estimate of drug-likeness (QED) is 0.867. The van der Waals surface area contributed by atoms with Gasteiger partial charge in [-0.3, -0.25) is 9.59 Å². The number of anilines is 1. The van der Waals surface area contributed by atoms with Gasteiger partial charge in [0.15, 0.2) is 5.75 Å². The summed E-state index contributed by atoms with van der Waals surface area (Å²) in [6.07, 6.45) is 0. The van der Waals surface area contributed by atoms with Crippen LogP contribution >= 0.6 is 23.2 Å². The van der Waals surface area contributed by atoms with Gasteiger partial charge >= 0.3 is 0 Å². The topological polar surface area (TPSA) is 84.1 Å². The number of halogens is 2. The van der Waals surface area contributed by atoms with Gasteiger partial charge in [-0.15, -0.1) is 5.10 Å². The first kappa shape index (κ1) is 14.5. The number of benzene rings is 1. The second kappa shape index (κ2) is 7.02. The van der Waals surface area contributed by atoms with Crippen LogP contribution in [0, 0.1) is 0 Å². The number of H-pyrrole nitrogens is 1. The summed E-state index contributed by atoms with van der Waals surface area (Å²) >= 11 is 12.2. The zero-order valence-corrected chi connectivity index (χ0v) is 14.1. The number of carbonyl (C=O) groups excluding carboxylic acids is 1. The molecule has 0 bridgehead atoms. The molecule has 0 unspecified atom stereocenters. The molecule has 0 saturated heterocycles. The van der Waals surface area contributed by atoms with E-state index >= 15 is 0 Å². The minimum atomic E-state index is -0.466. The van der Waals surface area contributed by atoms with Gasteiger partial charge in [0, 0.05) is 24.2 Å². The van der Waals surface area contributed by atoms with E-state index in [1.165, 1.54) is 13.0 Å². The summed E-state index contributed by atoms with van der Waals surface area (Å²) in [6.45, 7) is 4.91. The Bertz CT molecular complexity index is 871. The average Bonchev–Trinajstić information content (AvgIpc) is 2.54. The van der Waals surface area contributed by atoms with Crippen molar-refractivity contribution in [3.63, 3.8) is 0 Å². The van der Waals surface area contributed by atoms with Crippen molar-refractivity contribution < 1.29 is 12.3 Å². The first-order chi connectivity index (χ1) is 11.6. The Labute approximate surface area is 145 Å². The van der Waals surface area contributed by atoms with Crippen molar-refractivity contribution in [1.29, 1.82) is 0 Å². The Morgan fingerprint density at radius 3 is 2.52 bits per heavy atom. The third kappa shape index (κ3) is 4.24. The standard InChI is InChI=1S/C15H15Cl2N3O3/c1-7(2)10-6-13(19-20-15(10)22)23-14-11(16)4-9(5-12(14)17)18-8(3)21/h4-7H,1-3H3,(H,18,21)(H,20,22)/i4D,5D. The van der Waals surface area contributed by atoms with Crippen LogP contribution in [0.5, 0.6) is 11.6 Å². The van der Waals surface area contributed by atoms with Crippen LogP contribution in [0.3, 0.4) is 0 Å². The maximum Gasteiger partial charge on any atom is 0.267 e. The summed E-state index contributed by atoms with van der Waals surface area (Å²) in [6, 6.07) is 0.815. The van der Waals surface area contributed by atoms with Gasteiger partial charge in [0.05, 0.1) is 12.8 Å². The summed E-state index contributed by atoms with van der Waals surface area (Å²) in [5.74, 6) is -0.674. The highest BCUT2D eigenvalue weighted by molar-refractivity contribution is 6.37. The van der Waals surface area contributed by atoms with Crippen LogP contribution in [0.2, 0.25) is 10.0 Å². The molecule has 8 heteroatoms. The van der Waals surface area contributed by atoms with Crippen molar-refractivity contribution >= 4 is 34.8 Å². The highest BCUT2D eigenvalue weighted by Crippen LogP contribution is 2.38. The number of hydrogen-bond donors (Lipinski definition) is 2. The summed E-state index contributed by atoms with van der Waals surface area (Å²) in [5, 5.41) is 8.03. The summed E-state index contributed by atoms with van der Waals surface area (Å²) in [5.41, 5.74) is -0.0145. The average molecular weight is 358 g/mol. The molecule has 1 heterocycles. The van der Waals surface area contributed by atoms with Crippen molar-refractivity contribution in [2.24, 2.45) is 0 Å². The van der Waals surface area contributed by atoms with Crippen molar-refractivity contribution in [1.82, 2.24) is 10.2 Å². The van der Waals surface area contributed by atoms with E-state index in [4.69, 9.17) is 30.7 Å². The highest BCUT2D eigenvalue weighted by Gasteiger charge is 2.14. The van der Waals surface area contributed by atoms with Crippen molar-refractivity contribution in [2.45, 2.75) is 26.7 Å². The SMILES string of the molecule is [2H]c1c(Cl)c(Oc2cc(C(C)C)c(=O)[nH]n2)c(Cl)c([2H])c1NC(C)=O. The highest BCUT2D eigenvalue weighted by atomic mass is 35.5. The first-order valence-corrected chi connectivity index (χ1v) is 7.42.